The van der Waals surface area contributed by atoms with E-state index in [9.17, 15) is 25.2 Å². The molecule has 0 amide bonds. The molecule has 0 radical (unpaired) electrons. The number of thiocarbonyl (C=S) groups is 1. The van der Waals surface area contributed by atoms with Gasteiger partial charge in [-0.1, -0.05) is 24.4 Å². The number of benzene rings is 1. The lowest BCUT2D eigenvalue weighted by molar-refractivity contribution is -0.141. The van der Waals surface area contributed by atoms with Gasteiger partial charge in [-0.25, -0.2) is 4.98 Å². The average Bonchev–Trinajstić information content (AvgIpc) is 3.00. The summed E-state index contributed by atoms with van der Waals surface area (Å²) in [7, 11) is 0. The molecule has 1 aromatic carbocycles. The first-order valence-corrected chi connectivity index (χ1v) is 8.32. The second-order valence-corrected chi connectivity index (χ2v) is 6.82. The summed E-state index contributed by atoms with van der Waals surface area (Å²) in [5, 5.41) is 47.7. The third-order valence-corrected chi connectivity index (χ3v) is 4.83. The topological polar surface area (TPSA) is 131 Å². The van der Waals surface area contributed by atoms with Crippen LogP contribution < -0.4 is 0 Å². The molecule has 2 rings (SSSR count). The van der Waals surface area contributed by atoms with Crippen LogP contribution in [-0.2, 0) is 11.2 Å². The van der Waals surface area contributed by atoms with Crippen LogP contribution in [0.3, 0.4) is 0 Å². The second-order valence-electron chi connectivity index (χ2n) is 5.22. The molecule has 0 spiro atoms. The van der Waals surface area contributed by atoms with E-state index in [1.54, 1.807) is 0 Å². The van der Waals surface area contributed by atoms with Crippen molar-refractivity contribution in [3.8, 4) is 0 Å². The fourth-order valence-electron chi connectivity index (χ4n) is 2.06. The molecule has 4 unspecified atom stereocenters. The van der Waals surface area contributed by atoms with Crippen LogP contribution in [0.1, 0.15) is 5.01 Å². The largest absolute Gasteiger partial charge is 0.394 e. The normalized spacial score (nSPS) is 16.5. The van der Waals surface area contributed by atoms with E-state index in [1.165, 1.54) is 11.3 Å². The number of hydrogen-bond donors (Lipinski definition) is 5. The number of rotatable bonds is 8. The maximum Gasteiger partial charge on any atom is 0.201 e. The van der Waals surface area contributed by atoms with Gasteiger partial charge in [0, 0.05) is 6.42 Å². The van der Waals surface area contributed by atoms with Gasteiger partial charge in [0.1, 0.15) is 24.4 Å². The van der Waals surface area contributed by atoms with Crippen molar-refractivity contribution in [3.63, 3.8) is 0 Å². The number of ketones is 1. The molecule has 1 heterocycles. The molecule has 0 aliphatic rings. The van der Waals surface area contributed by atoms with E-state index >= 15 is 0 Å². The van der Waals surface area contributed by atoms with E-state index in [0.717, 1.165) is 10.2 Å². The first-order chi connectivity index (χ1) is 11.3. The molecular formula is C15H17NO6S2. The van der Waals surface area contributed by atoms with Crippen LogP contribution in [0.2, 0.25) is 0 Å². The van der Waals surface area contributed by atoms with Gasteiger partial charge in [0.25, 0.3) is 0 Å². The molecule has 24 heavy (non-hydrogen) atoms. The predicted octanol–water partition coefficient (Wildman–Crippen LogP) is -0.786. The molecule has 0 bridgehead atoms. The minimum Gasteiger partial charge on any atom is -0.394 e. The zero-order chi connectivity index (χ0) is 17.9. The fraction of sp³-hybridized carbons (Fsp3) is 0.400. The van der Waals surface area contributed by atoms with Crippen molar-refractivity contribution in [1.82, 2.24) is 4.98 Å². The Morgan fingerprint density at radius 3 is 2.46 bits per heavy atom. The van der Waals surface area contributed by atoms with Gasteiger partial charge in [0.05, 0.1) is 26.7 Å². The third-order valence-electron chi connectivity index (χ3n) is 3.45. The van der Waals surface area contributed by atoms with Crippen molar-refractivity contribution < 1.29 is 30.3 Å². The highest BCUT2D eigenvalue weighted by atomic mass is 32.1. The van der Waals surface area contributed by atoms with Crippen molar-refractivity contribution >= 4 is 44.4 Å². The maximum absolute atomic E-state index is 12.1. The number of carbonyl (C=O) groups excluding carboxylic acids is 1. The number of Topliss-reactive ketones (excluding diaryl/α,β-unsaturated/α-hetero) is 1. The maximum atomic E-state index is 12.1. The smallest absolute Gasteiger partial charge is 0.201 e. The van der Waals surface area contributed by atoms with E-state index in [4.69, 9.17) is 17.3 Å². The minimum absolute atomic E-state index is 0.0238. The quantitative estimate of drug-likeness (QED) is 0.382. The zero-order valence-electron chi connectivity index (χ0n) is 12.4. The molecule has 0 fully saturated rings. The lowest BCUT2D eigenvalue weighted by Crippen LogP contribution is -2.50. The molecule has 2 aromatic rings. The van der Waals surface area contributed by atoms with Crippen LogP contribution in [0.4, 0.5) is 0 Å². The van der Waals surface area contributed by atoms with E-state index in [0.29, 0.717) is 5.01 Å². The molecule has 0 aliphatic heterocycles. The highest BCUT2D eigenvalue weighted by Crippen LogP contribution is 2.22. The van der Waals surface area contributed by atoms with Crippen LogP contribution in [0.5, 0.6) is 0 Å². The fourth-order valence-corrected chi connectivity index (χ4v) is 3.39. The summed E-state index contributed by atoms with van der Waals surface area (Å²) in [5.74, 6) is -0.930. The Hall–Kier alpha value is -1.33. The molecule has 4 atom stereocenters. The van der Waals surface area contributed by atoms with E-state index in [-0.39, 0.29) is 11.3 Å². The van der Waals surface area contributed by atoms with Gasteiger partial charge >= 0.3 is 0 Å². The summed E-state index contributed by atoms with van der Waals surface area (Å²) in [5.41, 5.74) is 0.773. The lowest BCUT2D eigenvalue weighted by atomic mass is 9.98. The van der Waals surface area contributed by atoms with Crippen molar-refractivity contribution in [1.29, 1.82) is 0 Å². The molecule has 5 N–H and O–H groups in total. The lowest BCUT2D eigenvalue weighted by Gasteiger charge is -2.24. The number of aromatic nitrogens is 1. The Bertz CT molecular complexity index is 701. The number of hydrogen-bond acceptors (Lipinski definition) is 9. The SMILES string of the molecule is O=C(C(=S)Cc1nc2ccccc2s1)C(O)C(O)C(O)C(O)CO. The molecule has 0 saturated carbocycles. The summed E-state index contributed by atoms with van der Waals surface area (Å²) in [6, 6.07) is 7.41. The molecule has 9 heteroatoms. The Labute approximate surface area is 146 Å². The number of fused-ring (bicyclic) bond motifs is 1. The molecule has 7 nitrogen and oxygen atoms in total. The first kappa shape index (κ1) is 19.0. The number of aliphatic hydroxyl groups excluding tert-OH is 5. The van der Waals surface area contributed by atoms with Crippen molar-refractivity contribution in [2.24, 2.45) is 0 Å². The number of aliphatic hydroxyl groups is 5. The summed E-state index contributed by atoms with van der Waals surface area (Å²) >= 11 is 6.35. The van der Waals surface area contributed by atoms with Crippen LogP contribution >= 0.6 is 23.6 Å². The first-order valence-electron chi connectivity index (χ1n) is 7.09. The monoisotopic (exact) mass is 371 g/mol. The number of carbonyl (C=O) groups is 1. The summed E-state index contributed by atoms with van der Waals surface area (Å²) in [6.45, 7) is -0.824. The Kier molecular flexibility index (Phi) is 6.47. The second kappa shape index (κ2) is 8.17. The van der Waals surface area contributed by atoms with Crippen molar-refractivity contribution in [3.05, 3.63) is 29.3 Å². The molecule has 0 saturated heterocycles. The number of thiazole rings is 1. The summed E-state index contributed by atoms with van der Waals surface area (Å²) < 4.78 is 0.935. The van der Waals surface area contributed by atoms with E-state index < -0.39 is 36.8 Å². The minimum atomic E-state index is -2.00. The van der Waals surface area contributed by atoms with Gasteiger partial charge < -0.3 is 25.5 Å². The Morgan fingerprint density at radius 2 is 1.83 bits per heavy atom. The molecular weight excluding hydrogens is 354 g/mol. The third kappa shape index (κ3) is 4.19. The van der Waals surface area contributed by atoms with Crippen molar-refractivity contribution in [2.45, 2.75) is 30.8 Å². The van der Waals surface area contributed by atoms with Gasteiger partial charge in [-0.05, 0) is 12.1 Å². The van der Waals surface area contributed by atoms with Gasteiger partial charge in [-0.3, -0.25) is 4.79 Å². The predicted molar refractivity (Wildman–Crippen MR) is 92.0 cm³/mol. The molecule has 0 aliphatic carbocycles. The average molecular weight is 371 g/mol. The zero-order valence-corrected chi connectivity index (χ0v) is 14.1. The standard InChI is InChI=1S/C15H17NO6S2/c17-6-8(18)12(19)14(21)15(22)13(20)9(23)5-11-16-7-3-1-2-4-10(7)24-11/h1-4,8,12,14-15,17-19,21-22H,5-6H2. The number of para-hydroxylation sites is 1. The van der Waals surface area contributed by atoms with Crippen LogP contribution in [0.15, 0.2) is 24.3 Å². The van der Waals surface area contributed by atoms with Crippen molar-refractivity contribution in [2.75, 3.05) is 6.61 Å². The van der Waals surface area contributed by atoms with Gasteiger partial charge in [0.2, 0.25) is 5.78 Å². The molecule has 1 aromatic heterocycles. The van der Waals surface area contributed by atoms with Gasteiger partial charge in [0.15, 0.2) is 0 Å². The highest BCUT2D eigenvalue weighted by molar-refractivity contribution is 7.82. The summed E-state index contributed by atoms with van der Waals surface area (Å²) in [6.07, 6.45) is -7.49. The summed E-state index contributed by atoms with van der Waals surface area (Å²) in [4.78, 5) is 16.3. The Balaban J connectivity index is 2.04. The molecule has 130 valence electrons. The van der Waals surface area contributed by atoms with Crippen LogP contribution in [0, 0.1) is 0 Å². The van der Waals surface area contributed by atoms with Crippen LogP contribution in [0.25, 0.3) is 10.2 Å². The van der Waals surface area contributed by atoms with Gasteiger partial charge in [-0.15, -0.1) is 11.3 Å². The highest BCUT2D eigenvalue weighted by Gasteiger charge is 2.35. The van der Waals surface area contributed by atoms with E-state index in [1.807, 2.05) is 24.3 Å². The van der Waals surface area contributed by atoms with E-state index in [2.05, 4.69) is 4.98 Å². The number of nitrogens with zero attached hydrogens (tertiary/aromatic N) is 1. The van der Waals surface area contributed by atoms with Crippen LogP contribution in [-0.4, -0.2) is 72.2 Å². The Morgan fingerprint density at radius 1 is 1.17 bits per heavy atom. The van der Waals surface area contributed by atoms with Gasteiger partial charge in [-0.2, -0.15) is 0 Å².